The van der Waals surface area contributed by atoms with Crippen molar-refractivity contribution in [3.63, 3.8) is 0 Å². The van der Waals surface area contributed by atoms with Crippen LogP contribution in [0.25, 0.3) is 0 Å². The molecule has 8 nitrogen and oxygen atoms in total. The molecule has 1 N–H and O–H groups in total. The van der Waals surface area contributed by atoms with Crippen LogP contribution in [0.3, 0.4) is 0 Å². The van der Waals surface area contributed by atoms with Crippen LogP contribution < -0.4 is 15.0 Å². The Kier molecular flexibility index (Phi) is 5.67. The van der Waals surface area contributed by atoms with Crippen molar-refractivity contribution < 1.29 is 13.2 Å². The molecule has 1 fully saturated rings. The number of hydrogen-bond acceptors (Lipinski definition) is 7. The molecule has 1 saturated heterocycles. The first-order valence-corrected chi connectivity index (χ1v) is 12.5. The summed E-state index contributed by atoms with van der Waals surface area (Å²) in [7, 11) is -3.55. The fourth-order valence-electron chi connectivity index (χ4n) is 4.14. The maximum atomic E-state index is 13.2. The Morgan fingerprint density at radius 1 is 0.939 bits per heavy atom. The van der Waals surface area contributed by atoms with E-state index in [2.05, 4.69) is 22.2 Å². The predicted octanol–water partition coefficient (Wildman–Crippen LogP) is 3.28. The highest BCUT2D eigenvalue weighted by Gasteiger charge is 2.30. The average molecular weight is 466 g/mol. The Bertz CT molecular complexity index is 1270. The highest BCUT2D eigenvalue weighted by molar-refractivity contribution is 7.89. The molecule has 3 heterocycles. The molecule has 1 aromatic heterocycles. The zero-order chi connectivity index (χ0) is 23.0. The van der Waals surface area contributed by atoms with Gasteiger partial charge < -0.3 is 15.0 Å². The Balaban J connectivity index is 1.29. The van der Waals surface area contributed by atoms with Crippen LogP contribution in [0.4, 0.5) is 17.5 Å². The van der Waals surface area contributed by atoms with E-state index in [1.807, 2.05) is 42.2 Å². The predicted molar refractivity (Wildman–Crippen MR) is 128 cm³/mol. The van der Waals surface area contributed by atoms with Gasteiger partial charge in [0.2, 0.25) is 16.0 Å². The lowest BCUT2D eigenvalue weighted by Gasteiger charge is -2.34. The molecule has 9 heteroatoms. The van der Waals surface area contributed by atoms with Gasteiger partial charge in [-0.15, -0.1) is 0 Å². The third-order valence-electron chi connectivity index (χ3n) is 5.99. The highest BCUT2D eigenvalue weighted by Crippen LogP contribution is 2.29. The number of rotatable bonds is 5. The molecule has 172 valence electrons. The Labute approximate surface area is 194 Å². The summed E-state index contributed by atoms with van der Waals surface area (Å²) in [5, 5.41) is 3.33. The number of anilines is 3. The number of aromatic nitrogens is 2. The lowest BCUT2D eigenvalue weighted by atomic mass is 10.2. The van der Waals surface area contributed by atoms with Crippen LogP contribution in [0.15, 0.2) is 53.4 Å². The SMILES string of the molecule is Cc1ccc(Nc2cc(C)nc(N3CCN(S(=O)(=O)c4ccc5c(c4)CCO5)CC3)n2)cc1. The van der Waals surface area contributed by atoms with Gasteiger partial charge in [-0.05, 0) is 49.7 Å². The molecule has 0 bridgehead atoms. The van der Waals surface area contributed by atoms with E-state index >= 15 is 0 Å². The molecule has 2 aliphatic rings. The number of ether oxygens (including phenoxy) is 1. The summed E-state index contributed by atoms with van der Waals surface area (Å²) in [6.45, 7) is 6.41. The number of benzene rings is 2. The number of piperazine rings is 1. The molecule has 0 spiro atoms. The minimum Gasteiger partial charge on any atom is -0.493 e. The van der Waals surface area contributed by atoms with Crippen molar-refractivity contribution in [1.82, 2.24) is 14.3 Å². The van der Waals surface area contributed by atoms with Crippen LogP contribution in [-0.4, -0.2) is 55.5 Å². The number of sulfonamides is 1. The van der Waals surface area contributed by atoms with E-state index in [-0.39, 0.29) is 0 Å². The third-order valence-corrected chi connectivity index (χ3v) is 7.88. The van der Waals surface area contributed by atoms with Gasteiger partial charge in [0.25, 0.3) is 0 Å². The maximum Gasteiger partial charge on any atom is 0.243 e. The molecule has 3 aromatic rings. The molecule has 0 unspecified atom stereocenters. The molecule has 0 amide bonds. The molecule has 2 aliphatic heterocycles. The molecular weight excluding hydrogens is 438 g/mol. The Morgan fingerprint density at radius 3 is 2.45 bits per heavy atom. The van der Waals surface area contributed by atoms with Crippen LogP contribution in [0.2, 0.25) is 0 Å². The smallest absolute Gasteiger partial charge is 0.243 e. The monoisotopic (exact) mass is 465 g/mol. The summed E-state index contributed by atoms with van der Waals surface area (Å²) >= 11 is 0. The molecule has 0 aliphatic carbocycles. The van der Waals surface area contributed by atoms with E-state index in [1.165, 1.54) is 5.56 Å². The number of nitrogens with zero attached hydrogens (tertiary/aromatic N) is 4. The van der Waals surface area contributed by atoms with E-state index in [1.54, 1.807) is 22.5 Å². The van der Waals surface area contributed by atoms with Gasteiger partial charge in [-0.2, -0.15) is 9.29 Å². The second kappa shape index (κ2) is 8.64. The quantitative estimate of drug-likeness (QED) is 0.619. The zero-order valence-electron chi connectivity index (χ0n) is 18.8. The molecular formula is C24H27N5O3S. The van der Waals surface area contributed by atoms with Crippen molar-refractivity contribution in [3.05, 3.63) is 65.4 Å². The van der Waals surface area contributed by atoms with Crippen molar-refractivity contribution in [2.24, 2.45) is 0 Å². The van der Waals surface area contributed by atoms with E-state index in [0.717, 1.165) is 34.9 Å². The minimum atomic E-state index is -3.55. The van der Waals surface area contributed by atoms with Crippen molar-refractivity contribution in [3.8, 4) is 5.75 Å². The van der Waals surface area contributed by atoms with Crippen LogP contribution in [-0.2, 0) is 16.4 Å². The first-order valence-electron chi connectivity index (χ1n) is 11.1. The maximum absolute atomic E-state index is 13.2. The largest absolute Gasteiger partial charge is 0.493 e. The average Bonchev–Trinajstić information content (AvgIpc) is 3.28. The third kappa shape index (κ3) is 4.51. The molecule has 0 radical (unpaired) electrons. The van der Waals surface area contributed by atoms with Gasteiger partial charge in [0.05, 0.1) is 11.5 Å². The lowest BCUT2D eigenvalue weighted by Crippen LogP contribution is -2.49. The molecule has 5 rings (SSSR count). The van der Waals surface area contributed by atoms with Crippen LogP contribution >= 0.6 is 0 Å². The van der Waals surface area contributed by atoms with Crippen LogP contribution in [0.1, 0.15) is 16.8 Å². The molecule has 33 heavy (non-hydrogen) atoms. The summed E-state index contributed by atoms with van der Waals surface area (Å²) in [5.74, 6) is 2.11. The van der Waals surface area contributed by atoms with Crippen molar-refractivity contribution >= 4 is 27.5 Å². The van der Waals surface area contributed by atoms with Gasteiger partial charge in [0.15, 0.2) is 0 Å². The minimum absolute atomic E-state index is 0.330. The topological polar surface area (TPSA) is 87.7 Å². The van der Waals surface area contributed by atoms with Crippen LogP contribution in [0, 0.1) is 13.8 Å². The fourth-order valence-corrected chi connectivity index (χ4v) is 5.62. The highest BCUT2D eigenvalue weighted by atomic mass is 32.2. The van der Waals surface area contributed by atoms with E-state index < -0.39 is 10.0 Å². The Morgan fingerprint density at radius 2 is 1.70 bits per heavy atom. The first kappa shape index (κ1) is 21.7. The first-order chi connectivity index (χ1) is 15.9. The fraction of sp³-hybridized carbons (Fsp3) is 0.333. The van der Waals surface area contributed by atoms with Gasteiger partial charge in [-0.1, -0.05) is 17.7 Å². The normalized spacial score (nSPS) is 16.4. The van der Waals surface area contributed by atoms with Crippen molar-refractivity contribution in [2.45, 2.75) is 25.2 Å². The van der Waals surface area contributed by atoms with Gasteiger partial charge in [-0.25, -0.2) is 13.4 Å². The molecule has 0 atom stereocenters. The van der Waals surface area contributed by atoms with E-state index in [0.29, 0.717) is 43.6 Å². The van der Waals surface area contributed by atoms with Gasteiger partial charge >= 0.3 is 0 Å². The molecule has 2 aromatic carbocycles. The molecule has 0 saturated carbocycles. The van der Waals surface area contributed by atoms with Gasteiger partial charge in [0, 0.05) is 50.0 Å². The summed E-state index contributed by atoms with van der Waals surface area (Å²) in [5.41, 5.74) is 3.96. The summed E-state index contributed by atoms with van der Waals surface area (Å²) in [6, 6.07) is 15.2. The second-order valence-corrected chi connectivity index (χ2v) is 10.4. The van der Waals surface area contributed by atoms with Gasteiger partial charge in [0.1, 0.15) is 11.6 Å². The van der Waals surface area contributed by atoms with E-state index in [9.17, 15) is 8.42 Å². The van der Waals surface area contributed by atoms with Gasteiger partial charge in [-0.3, -0.25) is 0 Å². The zero-order valence-corrected chi connectivity index (χ0v) is 19.6. The Hall–Kier alpha value is -3.17. The second-order valence-electron chi connectivity index (χ2n) is 8.44. The van der Waals surface area contributed by atoms with Crippen LogP contribution in [0.5, 0.6) is 5.75 Å². The number of nitrogens with one attached hydrogen (secondary N) is 1. The summed E-state index contributed by atoms with van der Waals surface area (Å²) in [6.07, 6.45) is 0.746. The summed E-state index contributed by atoms with van der Waals surface area (Å²) < 4.78 is 33.4. The van der Waals surface area contributed by atoms with Crippen molar-refractivity contribution in [2.75, 3.05) is 43.0 Å². The number of aryl methyl sites for hydroxylation is 2. The lowest BCUT2D eigenvalue weighted by molar-refractivity contribution is 0.356. The summed E-state index contributed by atoms with van der Waals surface area (Å²) in [4.78, 5) is 11.6. The number of fused-ring (bicyclic) bond motifs is 1. The van der Waals surface area contributed by atoms with E-state index in [4.69, 9.17) is 4.74 Å². The number of hydrogen-bond donors (Lipinski definition) is 1. The van der Waals surface area contributed by atoms with Crippen molar-refractivity contribution in [1.29, 1.82) is 0 Å². The standard InChI is InChI=1S/C24H27N5O3S/c1-17-3-5-20(6-4-17)26-23-15-18(2)25-24(27-23)28-10-12-29(13-11-28)33(30,31)21-7-8-22-19(16-21)9-14-32-22/h3-8,15-16H,9-14H2,1-2H3,(H,25,26,27).